The van der Waals surface area contributed by atoms with Gasteiger partial charge in [0.1, 0.15) is 4.21 Å². The first-order valence-corrected chi connectivity index (χ1v) is 9.06. The van der Waals surface area contributed by atoms with Crippen molar-refractivity contribution in [2.24, 2.45) is 0 Å². The lowest BCUT2D eigenvalue weighted by Crippen LogP contribution is -2.35. The summed E-state index contributed by atoms with van der Waals surface area (Å²) >= 11 is 1.29. The molecule has 0 aromatic carbocycles. The van der Waals surface area contributed by atoms with Crippen LogP contribution in [0.2, 0.25) is 0 Å². The summed E-state index contributed by atoms with van der Waals surface area (Å²) in [6.45, 7) is 6.01. The first-order chi connectivity index (χ1) is 9.94. The van der Waals surface area contributed by atoms with Crippen molar-refractivity contribution in [2.45, 2.75) is 30.7 Å². The van der Waals surface area contributed by atoms with E-state index in [9.17, 15) is 8.42 Å². The Morgan fingerprint density at radius 1 is 1.38 bits per heavy atom. The van der Waals surface area contributed by atoms with Crippen molar-refractivity contribution in [3.05, 3.63) is 16.5 Å². The van der Waals surface area contributed by atoms with E-state index in [0.29, 0.717) is 17.4 Å². The molecule has 0 aliphatic rings. The molecular weight excluding hydrogens is 312 g/mol. The Bertz CT molecular complexity index is 528. The van der Waals surface area contributed by atoms with E-state index in [1.54, 1.807) is 13.2 Å². The van der Waals surface area contributed by atoms with Crippen LogP contribution in [0.25, 0.3) is 0 Å². The molecule has 1 heterocycles. The summed E-state index contributed by atoms with van der Waals surface area (Å²) in [5, 5.41) is 3.20. The molecule has 0 fully saturated rings. The maximum absolute atomic E-state index is 12.3. The van der Waals surface area contributed by atoms with Crippen LogP contribution in [0.15, 0.2) is 10.3 Å². The van der Waals surface area contributed by atoms with Gasteiger partial charge in [-0.15, -0.1) is 11.3 Å². The van der Waals surface area contributed by atoms with Gasteiger partial charge in [-0.05, 0) is 25.1 Å². The second kappa shape index (κ2) is 8.82. The van der Waals surface area contributed by atoms with Gasteiger partial charge in [-0.1, -0.05) is 6.92 Å². The number of hydrogen-bond acceptors (Lipinski definition) is 6. The Balaban J connectivity index is 2.74. The minimum Gasteiger partial charge on any atom is -0.382 e. The average Bonchev–Trinajstić information content (AvgIpc) is 2.83. The van der Waals surface area contributed by atoms with E-state index in [2.05, 4.69) is 10.0 Å². The molecule has 2 N–H and O–H groups in total. The third kappa shape index (κ3) is 5.65. The Morgan fingerprint density at radius 3 is 2.67 bits per heavy atom. The Hall–Kier alpha value is -0.510. The normalized spacial score (nSPS) is 13.5. The SMILES string of the molecule is CCNCc1sc(S(=O)(=O)NCC(COC)OC)cc1C. The number of nitrogens with one attached hydrogen (secondary N) is 2. The lowest BCUT2D eigenvalue weighted by Gasteiger charge is -2.14. The number of hydrogen-bond donors (Lipinski definition) is 2. The average molecular weight is 336 g/mol. The summed E-state index contributed by atoms with van der Waals surface area (Å²) in [7, 11) is -0.424. The quantitative estimate of drug-likeness (QED) is 0.669. The van der Waals surface area contributed by atoms with Gasteiger partial charge in [-0.25, -0.2) is 13.1 Å². The van der Waals surface area contributed by atoms with Crippen LogP contribution < -0.4 is 10.0 Å². The van der Waals surface area contributed by atoms with Gasteiger partial charge in [0.2, 0.25) is 10.0 Å². The van der Waals surface area contributed by atoms with Crippen LogP contribution in [0.5, 0.6) is 0 Å². The highest BCUT2D eigenvalue weighted by Crippen LogP contribution is 2.25. The van der Waals surface area contributed by atoms with Gasteiger partial charge in [0.25, 0.3) is 0 Å². The molecule has 0 aliphatic carbocycles. The zero-order chi connectivity index (χ0) is 15.9. The van der Waals surface area contributed by atoms with Crippen LogP contribution in [-0.2, 0) is 26.0 Å². The maximum atomic E-state index is 12.3. The Labute approximate surface area is 130 Å². The molecule has 1 atom stereocenters. The van der Waals surface area contributed by atoms with Gasteiger partial charge in [-0.3, -0.25) is 0 Å². The second-order valence-electron chi connectivity index (χ2n) is 4.62. The Kier molecular flexibility index (Phi) is 7.78. The number of rotatable bonds is 10. The lowest BCUT2D eigenvalue weighted by atomic mass is 10.3. The van der Waals surface area contributed by atoms with Crippen molar-refractivity contribution in [2.75, 3.05) is 33.9 Å². The first-order valence-electron chi connectivity index (χ1n) is 6.76. The summed E-state index contributed by atoms with van der Waals surface area (Å²) in [6.07, 6.45) is -0.299. The van der Waals surface area contributed by atoms with Crippen molar-refractivity contribution in [3.8, 4) is 0 Å². The zero-order valence-corrected chi connectivity index (χ0v) is 14.6. The van der Waals surface area contributed by atoms with Crippen LogP contribution >= 0.6 is 11.3 Å². The van der Waals surface area contributed by atoms with Gasteiger partial charge in [0.15, 0.2) is 0 Å². The zero-order valence-electron chi connectivity index (χ0n) is 12.9. The van der Waals surface area contributed by atoms with Crippen LogP contribution in [0.4, 0.5) is 0 Å². The van der Waals surface area contributed by atoms with E-state index in [0.717, 1.165) is 17.0 Å². The highest BCUT2D eigenvalue weighted by atomic mass is 32.2. The number of ether oxygens (including phenoxy) is 2. The smallest absolute Gasteiger partial charge is 0.250 e. The fourth-order valence-electron chi connectivity index (χ4n) is 1.71. The highest BCUT2D eigenvalue weighted by molar-refractivity contribution is 7.91. The molecule has 6 nitrogen and oxygen atoms in total. The Morgan fingerprint density at radius 2 is 2.10 bits per heavy atom. The first kappa shape index (κ1) is 18.5. The molecule has 1 aromatic rings. The molecule has 0 amide bonds. The summed E-state index contributed by atoms with van der Waals surface area (Å²) in [5.41, 5.74) is 0.988. The van der Waals surface area contributed by atoms with E-state index in [1.165, 1.54) is 18.4 Å². The largest absolute Gasteiger partial charge is 0.382 e. The predicted molar refractivity (Wildman–Crippen MR) is 84.3 cm³/mol. The molecule has 0 radical (unpaired) electrons. The fraction of sp³-hybridized carbons (Fsp3) is 0.692. The van der Waals surface area contributed by atoms with E-state index in [-0.39, 0.29) is 12.6 Å². The predicted octanol–water partition coefficient (Wildman–Crippen LogP) is 1.11. The standard InChI is InChI=1S/C13H24N2O4S2/c1-5-14-8-12-10(2)6-13(20-12)21(16,17)15-7-11(19-4)9-18-3/h6,11,14-15H,5,7-9H2,1-4H3. The highest BCUT2D eigenvalue weighted by Gasteiger charge is 2.20. The molecule has 1 rings (SSSR count). The minimum absolute atomic E-state index is 0.187. The maximum Gasteiger partial charge on any atom is 0.250 e. The topological polar surface area (TPSA) is 76.7 Å². The van der Waals surface area contributed by atoms with Crippen molar-refractivity contribution in [1.82, 2.24) is 10.0 Å². The molecule has 0 saturated heterocycles. The van der Waals surface area contributed by atoms with Crippen molar-refractivity contribution < 1.29 is 17.9 Å². The molecule has 0 aliphatic heterocycles. The summed E-state index contributed by atoms with van der Waals surface area (Å²) in [4.78, 5) is 1.04. The van der Waals surface area contributed by atoms with Crippen molar-refractivity contribution in [3.63, 3.8) is 0 Å². The lowest BCUT2D eigenvalue weighted by molar-refractivity contribution is 0.0320. The molecule has 8 heteroatoms. The van der Waals surface area contributed by atoms with Gasteiger partial charge < -0.3 is 14.8 Å². The van der Waals surface area contributed by atoms with Crippen LogP contribution in [0.3, 0.4) is 0 Å². The minimum atomic E-state index is -3.51. The number of aryl methyl sites for hydroxylation is 1. The molecular formula is C13H24N2O4S2. The second-order valence-corrected chi connectivity index (χ2v) is 7.75. The van der Waals surface area contributed by atoms with Gasteiger partial charge >= 0.3 is 0 Å². The summed E-state index contributed by atoms with van der Waals surface area (Å²) < 4.78 is 37.6. The summed E-state index contributed by atoms with van der Waals surface area (Å²) in [5.74, 6) is 0. The molecule has 1 unspecified atom stereocenters. The third-order valence-electron chi connectivity index (χ3n) is 2.99. The molecule has 0 saturated carbocycles. The molecule has 1 aromatic heterocycles. The van der Waals surface area contributed by atoms with Gasteiger partial charge in [0, 0.05) is 32.2 Å². The van der Waals surface area contributed by atoms with E-state index in [1.807, 2.05) is 13.8 Å². The molecule has 21 heavy (non-hydrogen) atoms. The van der Waals surface area contributed by atoms with Crippen molar-refractivity contribution in [1.29, 1.82) is 0 Å². The third-order valence-corrected chi connectivity index (χ3v) is 6.12. The number of thiophene rings is 1. The van der Waals surface area contributed by atoms with E-state index < -0.39 is 10.0 Å². The summed E-state index contributed by atoms with van der Waals surface area (Å²) in [6, 6.07) is 1.71. The van der Waals surface area contributed by atoms with Crippen LogP contribution in [-0.4, -0.2) is 48.4 Å². The van der Waals surface area contributed by atoms with Crippen LogP contribution in [0, 0.1) is 6.92 Å². The molecule has 122 valence electrons. The monoisotopic (exact) mass is 336 g/mol. The fourth-order valence-corrected chi connectivity index (χ4v) is 4.37. The van der Waals surface area contributed by atoms with E-state index >= 15 is 0 Å². The van der Waals surface area contributed by atoms with Crippen molar-refractivity contribution >= 4 is 21.4 Å². The molecule has 0 bridgehead atoms. The van der Waals surface area contributed by atoms with Gasteiger partial charge in [0.05, 0.1) is 12.7 Å². The number of sulfonamides is 1. The molecule has 0 spiro atoms. The van der Waals surface area contributed by atoms with Crippen LogP contribution in [0.1, 0.15) is 17.4 Å². The van der Waals surface area contributed by atoms with Gasteiger partial charge in [-0.2, -0.15) is 0 Å². The number of methoxy groups -OCH3 is 2. The van der Waals surface area contributed by atoms with E-state index in [4.69, 9.17) is 9.47 Å².